The van der Waals surface area contributed by atoms with Gasteiger partial charge in [-0.05, 0) is 24.3 Å². The Morgan fingerprint density at radius 2 is 1.58 bits per heavy atom. The maximum atomic E-state index is 11.7. The quantitative estimate of drug-likeness (QED) is 0.713. The van der Waals surface area contributed by atoms with Gasteiger partial charge in [-0.25, -0.2) is 0 Å². The van der Waals surface area contributed by atoms with Crippen LogP contribution in [0.4, 0.5) is 5.69 Å². The molecule has 1 rings (SSSR count). The molecule has 0 saturated heterocycles. The summed E-state index contributed by atoms with van der Waals surface area (Å²) in [6, 6.07) is 6.34. The summed E-state index contributed by atoms with van der Waals surface area (Å²) in [6.45, 7) is 4.86. The van der Waals surface area contributed by atoms with Gasteiger partial charge in [-0.15, -0.1) is 0 Å². The van der Waals surface area contributed by atoms with Gasteiger partial charge < -0.3 is 5.32 Å². The van der Waals surface area contributed by atoms with E-state index in [2.05, 4.69) is 16.2 Å². The summed E-state index contributed by atoms with van der Waals surface area (Å²) in [6.07, 6.45) is 0. The predicted molar refractivity (Wildman–Crippen MR) is 71.2 cm³/mol. The first-order chi connectivity index (χ1) is 8.90. The maximum absolute atomic E-state index is 11.7. The zero-order valence-electron chi connectivity index (χ0n) is 11.1. The van der Waals surface area contributed by atoms with Gasteiger partial charge in [0, 0.05) is 24.1 Å². The van der Waals surface area contributed by atoms with Gasteiger partial charge in [-0.1, -0.05) is 13.8 Å². The van der Waals surface area contributed by atoms with E-state index in [0.29, 0.717) is 11.3 Å². The average molecular weight is 263 g/mol. The highest BCUT2D eigenvalue weighted by Gasteiger charge is 2.09. The Labute approximate surface area is 111 Å². The Bertz CT molecular complexity index is 480. The summed E-state index contributed by atoms with van der Waals surface area (Å²) in [5.41, 5.74) is 5.63. The lowest BCUT2D eigenvalue weighted by atomic mass is 10.2. The monoisotopic (exact) mass is 263 g/mol. The van der Waals surface area contributed by atoms with Crippen molar-refractivity contribution < 1.29 is 14.4 Å². The third kappa shape index (κ3) is 4.79. The van der Waals surface area contributed by atoms with Crippen molar-refractivity contribution in [1.29, 1.82) is 0 Å². The van der Waals surface area contributed by atoms with E-state index in [-0.39, 0.29) is 17.7 Å². The van der Waals surface area contributed by atoms with E-state index in [1.807, 2.05) is 0 Å². The summed E-state index contributed by atoms with van der Waals surface area (Å²) < 4.78 is 0. The molecule has 1 aromatic carbocycles. The van der Waals surface area contributed by atoms with Gasteiger partial charge in [-0.3, -0.25) is 25.2 Å². The molecular formula is C13H17N3O3. The summed E-state index contributed by atoms with van der Waals surface area (Å²) in [5.74, 6) is -1.06. The number of hydrogen-bond acceptors (Lipinski definition) is 3. The first-order valence-electron chi connectivity index (χ1n) is 5.88. The molecule has 0 atom stereocenters. The minimum atomic E-state index is -0.414. The molecule has 0 aliphatic heterocycles. The number of nitrogens with one attached hydrogen (secondary N) is 3. The van der Waals surface area contributed by atoms with E-state index in [1.165, 1.54) is 6.92 Å². The Morgan fingerprint density at radius 3 is 2.05 bits per heavy atom. The van der Waals surface area contributed by atoms with Gasteiger partial charge in [0.2, 0.25) is 11.8 Å². The van der Waals surface area contributed by atoms with Crippen molar-refractivity contribution in [1.82, 2.24) is 10.9 Å². The van der Waals surface area contributed by atoms with E-state index < -0.39 is 5.91 Å². The first-order valence-corrected chi connectivity index (χ1v) is 5.88. The van der Waals surface area contributed by atoms with Gasteiger partial charge in [0.15, 0.2) is 0 Å². The van der Waals surface area contributed by atoms with Crippen LogP contribution in [0.3, 0.4) is 0 Å². The highest BCUT2D eigenvalue weighted by molar-refractivity contribution is 5.96. The molecule has 6 heteroatoms. The highest BCUT2D eigenvalue weighted by atomic mass is 16.2. The molecule has 1 aromatic rings. The summed E-state index contributed by atoms with van der Waals surface area (Å²) in [4.78, 5) is 33.8. The molecule has 0 heterocycles. The van der Waals surface area contributed by atoms with Crippen molar-refractivity contribution in [3.63, 3.8) is 0 Å². The highest BCUT2D eigenvalue weighted by Crippen LogP contribution is 2.09. The summed E-state index contributed by atoms with van der Waals surface area (Å²) in [7, 11) is 0. The number of carbonyl (C=O) groups excluding carboxylic acids is 3. The van der Waals surface area contributed by atoms with Gasteiger partial charge >= 0.3 is 0 Å². The van der Waals surface area contributed by atoms with Crippen LogP contribution >= 0.6 is 0 Å². The van der Waals surface area contributed by atoms with Gasteiger partial charge in [0.1, 0.15) is 0 Å². The van der Waals surface area contributed by atoms with E-state index in [4.69, 9.17) is 0 Å². The molecule has 0 aromatic heterocycles. The van der Waals surface area contributed by atoms with E-state index in [0.717, 1.165) is 0 Å². The standard InChI is InChI=1S/C13H17N3O3/c1-8(2)12(18)15-16-13(19)10-4-6-11(7-5-10)14-9(3)17/h4-8H,1-3H3,(H,14,17)(H,15,18)(H,16,19). The van der Waals surface area contributed by atoms with E-state index >= 15 is 0 Å². The molecule has 0 unspecified atom stereocenters. The lowest BCUT2D eigenvalue weighted by Gasteiger charge is -2.09. The number of carbonyl (C=O) groups is 3. The minimum absolute atomic E-state index is 0.179. The van der Waals surface area contributed by atoms with Crippen LogP contribution in [-0.4, -0.2) is 17.7 Å². The fourth-order valence-electron chi connectivity index (χ4n) is 1.24. The SMILES string of the molecule is CC(=O)Nc1ccc(C(=O)NNC(=O)C(C)C)cc1. The molecule has 0 spiro atoms. The Morgan fingerprint density at radius 1 is 1.00 bits per heavy atom. The maximum Gasteiger partial charge on any atom is 0.269 e. The number of hydrazine groups is 1. The van der Waals surface area contributed by atoms with Crippen LogP contribution in [0, 0.1) is 5.92 Å². The Kier molecular flexibility index (Phi) is 5.05. The van der Waals surface area contributed by atoms with Crippen molar-refractivity contribution in [3.8, 4) is 0 Å². The van der Waals surface area contributed by atoms with Crippen LogP contribution in [0.2, 0.25) is 0 Å². The lowest BCUT2D eigenvalue weighted by Crippen LogP contribution is -2.43. The fourth-order valence-corrected chi connectivity index (χ4v) is 1.24. The molecular weight excluding hydrogens is 246 g/mol. The summed E-state index contributed by atoms with van der Waals surface area (Å²) in [5, 5.41) is 2.60. The molecule has 0 saturated carbocycles. The van der Waals surface area contributed by atoms with Crippen LogP contribution in [0.1, 0.15) is 31.1 Å². The van der Waals surface area contributed by atoms with Crippen LogP contribution < -0.4 is 16.2 Å². The molecule has 3 N–H and O–H groups in total. The van der Waals surface area contributed by atoms with Crippen LogP contribution in [0.25, 0.3) is 0 Å². The molecule has 0 radical (unpaired) electrons. The molecule has 6 nitrogen and oxygen atoms in total. The zero-order valence-corrected chi connectivity index (χ0v) is 11.1. The van der Waals surface area contributed by atoms with Crippen LogP contribution in [0.5, 0.6) is 0 Å². The number of anilines is 1. The number of rotatable bonds is 3. The van der Waals surface area contributed by atoms with Crippen LogP contribution in [0.15, 0.2) is 24.3 Å². The third-order valence-electron chi connectivity index (χ3n) is 2.29. The predicted octanol–water partition coefficient (Wildman–Crippen LogP) is 1.06. The lowest BCUT2D eigenvalue weighted by molar-refractivity contribution is -0.124. The Balaban J connectivity index is 2.58. The molecule has 19 heavy (non-hydrogen) atoms. The van der Waals surface area contributed by atoms with Gasteiger partial charge in [0.05, 0.1) is 0 Å². The largest absolute Gasteiger partial charge is 0.326 e. The number of benzene rings is 1. The second kappa shape index (κ2) is 6.53. The minimum Gasteiger partial charge on any atom is -0.326 e. The second-order valence-electron chi connectivity index (χ2n) is 4.36. The molecule has 102 valence electrons. The van der Waals surface area contributed by atoms with Crippen molar-refractivity contribution in [2.24, 2.45) is 5.92 Å². The fraction of sp³-hybridized carbons (Fsp3) is 0.308. The molecule has 0 fully saturated rings. The third-order valence-corrected chi connectivity index (χ3v) is 2.29. The topological polar surface area (TPSA) is 87.3 Å². The first kappa shape index (κ1) is 14.7. The average Bonchev–Trinajstić information content (AvgIpc) is 2.35. The molecule has 0 aliphatic rings. The van der Waals surface area contributed by atoms with Crippen molar-refractivity contribution in [2.45, 2.75) is 20.8 Å². The molecule has 0 bridgehead atoms. The van der Waals surface area contributed by atoms with Crippen molar-refractivity contribution in [3.05, 3.63) is 29.8 Å². The number of amides is 3. The van der Waals surface area contributed by atoms with Gasteiger partial charge in [0.25, 0.3) is 5.91 Å². The second-order valence-corrected chi connectivity index (χ2v) is 4.36. The van der Waals surface area contributed by atoms with Crippen LogP contribution in [-0.2, 0) is 9.59 Å². The molecule has 3 amide bonds. The normalized spacial score (nSPS) is 9.89. The van der Waals surface area contributed by atoms with Crippen molar-refractivity contribution >= 4 is 23.4 Å². The number of hydrogen-bond donors (Lipinski definition) is 3. The van der Waals surface area contributed by atoms with Crippen molar-refractivity contribution in [2.75, 3.05) is 5.32 Å². The van der Waals surface area contributed by atoms with Gasteiger partial charge in [-0.2, -0.15) is 0 Å². The Hall–Kier alpha value is -2.37. The van der Waals surface area contributed by atoms with E-state index in [1.54, 1.807) is 38.1 Å². The smallest absolute Gasteiger partial charge is 0.269 e. The van der Waals surface area contributed by atoms with E-state index in [9.17, 15) is 14.4 Å². The summed E-state index contributed by atoms with van der Waals surface area (Å²) >= 11 is 0. The molecule has 0 aliphatic carbocycles. The zero-order chi connectivity index (χ0) is 14.4.